The van der Waals surface area contributed by atoms with Gasteiger partial charge < -0.3 is 16.0 Å². The quantitative estimate of drug-likeness (QED) is 0.742. The van der Waals surface area contributed by atoms with E-state index in [1.54, 1.807) is 19.2 Å². The normalized spacial score (nSPS) is 25.6. The first kappa shape index (κ1) is 18.4. The van der Waals surface area contributed by atoms with Crippen LogP contribution in [0.3, 0.4) is 0 Å². The third-order valence-electron chi connectivity index (χ3n) is 5.58. The largest absolute Gasteiger partial charge is 0.357 e. The van der Waals surface area contributed by atoms with Gasteiger partial charge in [-0.05, 0) is 42.9 Å². The van der Waals surface area contributed by atoms with Crippen molar-refractivity contribution in [3.63, 3.8) is 0 Å². The molecule has 0 radical (unpaired) electrons. The number of benzene rings is 1. The monoisotopic (exact) mass is 354 g/mol. The van der Waals surface area contributed by atoms with Crippen LogP contribution in [0.4, 0.5) is 0 Å². The highest BCUT2D eigenvalue weighted by molar-refractivity contribution is 5.90. The van der Waals surface area contributed by atoms with Gasteiger partial charge >= 0.3 is 0 Å². The number of nitriles is 1. The number of nitrogens with one attached hydrogen (secondary N) is 3. The molecule has 0 spiro atoms. The molecule has 2 aliphatic rings. The van der Waals surface area contributed by atoms with Crippen LogP contribution in [0.1, 0.15) is 43.2 Å². The Morgan fingerprint density at radius 3 is 2.65 bits per heavy atom. The maximum Gasteiger partial charge on any atom is 0.242 e. The van der Waals surface area contributed by atoms with Gasteiger partial charge in [0.2, 0.25) is 11.8 Å². The smallest absolute Gasteiger partial charge is 0.242 e. The Hall–Kier alpha value is -2.39. The van der Waals surface area contributed by atoms with Crippen LogP contribution in [0.25, 0.3) is 0 Å². The molecule has 1 aromatic rings. The lowest BCUT2D eigenvalue weighted by Crippen LogP contribution is -2.52. The lowest BCUT2D eigenvalue weighted by atomic mass is 9.85. The van der Waals surface area contributed by atoms with Crippen molar-refractivity contribution in [2.45, 2.75) is 56.7 Å². The Labute approximate surface area is 154 Å². The van der Waals surface area contributed by atoms with Gasteiger partial charge in [-0.1, -0.05) is 25.0 Å². The van der Waals surface area contributed by atoms with Crippen molar-refractivity contribution in [1.82, 2.24) is 16.0 Å². The fourth-order valence-electron chi connectivity index (χ4n) is 4.13. The van der Waals surface area contributed by atoms with E-state index in [0.717, 1.165) is 18.4 Å². The second-order valence-electron chi connectivity index (χ2n) is 7.29. The number of nitrogens with zero attached hydrogens (tertiary/aromatic N) is 1. The van der Waals surface area contributed by atoms with Crippen molar-refractivity contribution in [2.75, 3.05) is 7.05 Å². The predicted octanol–water partition coefficient (Wildman–Crippen LogP) is 1.25. The summed E-state index contributed by atoms with van der Waals surface area (Å²) >= 11 is 0. The molecule has 1 aliphatic heterocycles. The van der Waals surface area contributed by atoms with Gasteiger partial charge in [0.05, 0.1) is 17.7 Å². The van der Waals surface area contributed by atoms with E-state index in [1.807, 2.05) is 12.1 Å². The van der Waals surface area contributed by atoms with Crippen molar-refractivity contribution >= 4 is 11.8 Å². The van der Waals surface area contributed by atoms with Crippen LogP contribution in [0.2, 0.25) is 0 Å². The first-order valence-electron chi connectivity index (χ1n) is 9.37. The van der Waals surface area contributed by atoms with Gasteiger partial charge in [-0.3, -0.25) is 9.59 Å². The van der Waals surface area contributed by atoms with E-state index in [-0.39, 0.29) is 17.9 Å². The van der Waals surface area contributed by atoms with Crippen LogP contribution >= 0.6 is 0 Å². The number of hydrogen-bond donors (Lipinski definition) is 3. The second kappa shape index (κ2) is 8.33. The van der Waals surface area contributed by atoms with E-state index < -0.39 is 6.04 Å². The fourth-order valence-corrected chi connectivity index (χ4v) is 4.13. The molecule has 6 heteroatoms. The van der Waals surface area contributed by atoms with Crippen molar-refractivity contribution in [1.29, 1.82) is 5.26 Å². The summed E-state index contributed by atoms with van der Waals surface area (Å²) in [5.41, 5.74) is 1.48. The van der Waals surface area contributed by atoms with E-state index in [1.165, 1.54) is 19.3 Å². The highest BCUT2D eigenvalue weighted by Crippen LogP contribution is 2.33. The molecule has 2 fully saturated rings. The Kier molecular flexibility index (Phi) is 5.89. The molecule has 138 valence electrons. The third-order valence-corrected chi connectivity index (χ3v) is 5.58. The molecule has 0 bridgehead atoms. The summed E-state index contributed by atoms with van der Waals surface area (Å²) in [5.74, 6) is 0.274. The van der Waals surface area contributed by atoms with Crippen LogP contribution in [-0.4, -0.2) is 37.0 Å². The van der Waals surface area contributed by atoms with Crippen LogP contribution in [0.5, 0.6) is 0 Å². The second-order valence-corrected chi connectivity index (χ2v) is 7.29. The van der Waals surface area contributed by atoms with Crippen LogP contribution < -0.4 is 16.0 Å². The maximum absolute atomic E-state index is 12.7. The maximum atomic E-state index is 12.7. The summed E-state index contributed by atoms with van der Waals surface area (Å²) in [4.78, 5) is 25.0. The number of fused-ring (bicyclic) bond motifs is 1. The molecular weight excluding hydrogens is 328 g/mol. The molecule has 1 saturated carbocycles. The Bertz CT molecular complexity index is 681. The molecule has 6 nitrogen and oxygen atoms in total. The van der Waals surface area contributed by atoms with Gasteiger partial charge in [-0.25, -0.2) is 0 Å². The van der Waals surface area contributed by atoms with Crippen LogP contribution in [-0.2, 0) is 16.0 Å². The van der Waals surface area contributed by atoms with Crippen LogP contribution in [0, 0.1) is 17.2 Å². The zero-order chi connectivity index (χ0) is 18.5. The number of hydrogen-bond acceptors (Lipinski definition) is 4. The number of rotatable bonds is 5. The van der Waals surface area contributed by atoms with Gasteiger partial charge in [0.15, 0.2) is 0 Å². The van der Waals surface area contributed by atoms with E-state index in [9.17, 15) is 9.59 Å². The van der Waals surface area contributed by atoms with Crippen molar-refractivity contribution in [3.05, 3.63) is 35.4 Å². The lowest BCUT2D eigenvalue weighted by Gasteiger charge is -2.24. The minimum absolute atomic E-state index is 0.0957. The van der Waals surface area contributed by atoms with Crippen LogP contribution in [0.15, 0.2) is 24.3 Å². The van der Waals surface area contributed by atoms with Gasteiger partial charge in [0.25, 0.3) is 0 Å². The minimum Gasteiger partial charge on any atom is -0.357 e. The molecule has 1 saturated heterocycles. The molecule has 1 aromatic carbocycles. The fraction of sp³-hybridized carbons (Fsp3) is 0.550. The summed E-state index contributed by atoms with van der Waals surface area (Å²) in [5, 5.41) is 17.9. The molecule has 1 heterocycles. The SMILES string of the molecule is CNC(=O)[C@H](Cc1ccc(C#N)cc1)NC(=O)[C@@H]1C[C@@H]2CCCC[C@@H]2N1. The van der Waals surface area contributed by atoms with E-state index in [0.29, 0.717) is 23.9 Å². The molecule has 1 aliphatic carbocycles. The number of likely N-dealkylation sites (N-methyl/N-ethyl adjacent to an activating group) is 1. The minimum atomic E-state index is -0.620. The summed E-state index contributed by atoms with van der Waals surface area (Å²) in [6, 6.07) is 8.78. The summed E-state index contributed by atoms with van der Waals surface area (Å²) < 4.78 is 0. The molecular formula is C20H26N4O2. The molecule has 2 amide bonds. The number of carbonyl (C=O) groups is 2. The molecule has 0 unspecified atom stereocenters. The Balaban J connectivity index is 1.63. The lowest BCUT2D eigenvalue weighted by molar-refractivity contribution is -0.129. The predicted molar refractivity (Wildman–Crippen MR) is 98.1 cm³/mol. The first-order chi connectivity index (χ1) is 12.6. The Morgan fingerprint density at radius 1 is 1.27 bits per heavy atom. The average molecular weight is 354 g/mol. The molecule has 0 aromatic heterocycles. The Morgan fingerprint density at radius 2 is 2.00 bits per heavy atom. The molecule has 3 N–H and O–H groups in total. The van der Waals surface area contributed by atoms with Gasteiger partial charge in [0, 0.05) is 19.5 Å². The highest BCUT2D eigenvalue weighted by Gasteiger charge is 2.39. The molecule has 4 atom stereocenters. The van der Waals surface area contributed by atoms with Gasteiger partial charge in [0.1, 0.15) is 6.04 Å². The first-order valence-corrected chi connectivity index (χ1v) is 9.37. The summed E-state index contributed by atoms with van der Waals surface area (Å²) in [6.07, 6.45) is 6.05. The standard InChI is InChI=1S/C20H26N4O2/c1-22-19(25)17(10-13-6-8-14(12-21)9-7-13)24-20(26)18-11-15-4-2-3-5-16(15)23-18/h6-9,15-18,23H,2-5,10-11H2,1H3,(H,22,25)(H,24,26)/t15-,16-,17-,18-/m0/s1. The highest BCUT2D eigenvalue weighted by atomic mass is 16.2. The van der Waals surface area contributed by atoms with Crippen molar-refractivity contribution < 1.29 is 9.59 Å². The zero-order valence-electron chi connectivity index (χ0n) is 15.1. The van der Waals surface area contributed by atoms with Crippen molar-refractivity contribution in [2.24, 2.45) is 5.92 Å². The van der Waals surface area contributed by atoms with E-state index in [4.69, 9.17) is 5.26 Å². The summed E-state index contributed by atoms with van der Waals surface area (Å²) in [7, 11) is 1.57. The third kappa shape index (κ3) is 4.23. The zero-order valence-corrected chi connectivity index (χ0v) is 15.1. The average Bonchev–Trinajstić information content (AvgIpc) is 3.11. The van der Waals surface area contributed by atoms with Gasteiger partial charge in [-0.2, -0.15) is 5.26 Å². The molecule has 3 rings (SSSR count). The topological polar surface area (TPSA) is 94.0 Å². The summed E-state index contributed by atoms with van der Waals surface area (Å²) in [6.45, 7) is 0. The van der Waals surface area contributed by atoms with E-state index >= 15 is 0 Å². The number of amides is 2. The van der Waals surface area contributed by atoms with Gasteiger partial charge in [-0.15, -0.1) is 0 Å². The van der Waals surface area contributed by atoms with E-state index in [2.05, 4.69) is 22.0 Å². The molecule has 26 heavy (non-hydrogen) atoms. The number of carbonyl (C=O) groups excluding carboxylic acids is 2. The van der Waals surface area contributed by atoms with Crippen molar-refractivity contribution in [3.8, 4) is 6.07 Å².